The van der Waals surface area contributed by atoms with Crippen LogP contribution in [0, 0.1) is 5.82 Å². The Hall–Kier alpha value is -1.51. The number of nitrogens with zero attached hydrogens (tertiary/aromatic N) is 5. The maximum absolute atomic E-state index is 14.2. The van der Waals surface area contributed by atoms with Crippen LogP contribution in [0.5, 0.6) is 0 Å². The maximum atomic E-state index is 14.2. The molecule has 3 aliphatic rings. The molecular weight excluding hydrogens is 325 g/mol. The van der Waals surface area contributed by atoms with Crippen LogP contribution in [-0.4, -0.2) is 86.6 Å². The molecule has 0 radical (unpaired) electrons. The predicted molar refractivity (Wildman–Crippen MR) is 92.6 cm³/mol. The fourth-order valence-electron chi connectivity index (χ4n) is 3.95. The zero-order valence-corrected chi connectivity index (χ0v) is 14.8. The van der Waals surface area contributed by atoms with Gasteiger partial charge < -0.3 is 24.2 Å². The van der Waals surface area contributed by atoms with Crippen molar-refractivity contribution < 1.29 is 13.9 Å². The Kier molecular flexibility index (Phi) is 4.75. The van der Waals surface area contributed by atoms with E-state index in [1.807, 2.05) is 4.90 Å². The Balaban J connectivity index is 1.46. The minimum Gasteiger partial charge on any atom is -0.378 e. The third-order valence-electron chi connectivity index (χ3n) is 5.42. The molecule has 0 N–H and O–H groups in total. The molecule has 0 bridgehead atoms. The summed E-state index contributed by atoms with van der Waals surface area (Å²) in [5, 5.41) is 0. The van der Waals surface area contributed by atoms with E-state index in [4.69, 9.17) is 9.47 Å². The van der Waals surface area contributed by atoms with Crippen molar-refractivity contribution in [2.75, 3.05) is 75.9 Å². The number of likely N-dealkylation sites (N-methyl/N-ethyl adjacent to an activating group) is 1. The fraction of sp³-hybridized carbons (Fsp3) is 0.765. The topological polar surface area (TPSA) is 54.0 Å². The van der Waals surface area contributed by atoms with E-state index >= 15 is 0 Å². The molecule has 0 saturated carbocycles. The fourth-order valence-corrected chi connectivity index (χ4v) is 3.95. The van der Waals surface area contributed by atoms with Crippen LogP contribution in [0.3, 0.4) is 0 Å². The number of ether oxygens (including phenoxy) is 2. The van der Waals surface area contributed by atoms with Gasteiger partial charge in [-0.3, -0.25) is 0 Å². The summed E-state index contributed by atoms with van der Waals surface area (Å²) in [5.74, 6) is 0.639. The van der Waals surface area contributed by atoms with Crippen molar-refractivity contribution in [3.05, 3.63) is 12.0 Å². The molecule has 1 aromatic heterocycles. The van der Waals surface area contributed by atoms with Crippen LogP contribution in [0.2, 0.25) is 0 Å². The first-order valence-electron chi connectivity index (χ1n) is 9.08. The molecule has 0 amide bonds. The van der Waals surface area contributed by atoms with Gasteiger partial charge in [0.25, 0.3) is 0 Å². The first-order chi connectivity index (χ1) is 12.2. The van der Waals surface area contributed by atoms with Crippen molar-refractivity contribution in [1.82, 2.24) is 14.9 Å². The first-order valence-corrected chi connectivity index (χ1v) is 9.08. The SMILES string of the molecule is CN1CCOC2(CCN(c3ncc(F)c(N4CCOCC4)n3)CC2)C1. The molecule has 4 rings (SSSR count). The quantitative estimate of drug-likeness (QED) is 0.779. The summed E-state index contributed by atoms with van der Waals surface area (Å²) < 4.78 is 25.7. The lowest BCUT2D eigenvalue weighted by atomic mass is 9.89. The smallest absolute Gasteiger partial charge is 0.227 e. The highest BCUT2D eigenvalue weighted by molar-refractivity contribution is 5.45. The Morgan fingerprint density at radius 3 is 2.52 bits per heavy atom. The molecule has 7 nitrogen and oxygen atoms in total. The number of anilines is 2. The lowest BCUT2D eigenvalue weighted by Gasteiger charge is -2.46. The molecule has 25 heavy (non-hydrogen) atoms. The highest BCUT2D eigenvalue weighted by Crippen LogP contribution is 2.31. The maximum Gasteiger partial charge on any atom is 0.227 e. The summed E-state index contributed by atoms with van der Waals surface area (Å²) in [5.41, 5.74) is -0.0451. The van der Waals surface area contributed by atoms with Crippen molar-refractivity contribution in [3.63, 3.8) is 0 Å². The van der Waals surface area contributed by atoms with Gasteiger partial charge in [0.15, 0.2) is 11.6 Å². The first kappa shape index (κ1) is 16.9. The van der Waals surface area contributed by atoms with Gasteiger partial charge in [0.1, 0.15) is 0 Å². The van der Waals surface area contributed by atoms with Crippen LogP contribution in [0.25, 0.3) is 0 Å². The number of piperidine rings is 1. The van der Waals surface area contributed by atoms with Gasteiger partial charge in [-0.25, -0.2) is 9.37 Å². The molecule has 1 spiro atoms. The second-order valence-electron chi connectivity index (χ2n) is 7.20. The van der Waals surface area contributed by atoms with Crippen LogP contribution in [0.1, 0.15) is 12.8 Å². The van der Waals surface area contributed by atoms with Gasteiger partial charge in [-0.1, -0.05) is 0 Å². The van der Waals surface area contributed by atoms with Crippen LogP contribution in [0.4, 0.5) is 16.2 Å². The molecule has 0 aliphatic carbocycles. The minimum atomic E-state index is -0.364. The van der Waals surface area contributed by atoms with Gasteiger partial charge in [-0.05, 0) is 19.9 Å². The molecule has 1 aromatic rings. The van der Waals surface area contributed by atoms with Gasteiger partial charge in [0.05, 0.1) is 31.6 Å². The third kappa shape index (κ3) is 3.56. The van der Waals surface area contributed by atoms with E-state index in [9.17, 15) is 4.39 Å². The standard InChI is InChI=1S/C17H26FN5O2/c1-21-6-11-25-17(13-21)2-4-23(5-3-17)16-19-12-14(18)15(20-16)22-7-9-24-10-8-22/h12H,2-11,13H2,1H3. The molecule has 8 heteroatoms. The summed E-state index contributed by atoms with van der Waals surface area (Å²) in [6.07, 6.45) is 3.19. The van der Waals surface area contributed by atoms with E-state index in [0.717, 1.165) is 45.6 Å². The summed E-state index contributed by atoms with van der Waals surface area (Å²) in [6, 6.07) is 0. The Bertz CT molecular complexity index is 603. The molecule has 3 fully saturated rings. The Morgan fingerprint density at radius 2 is 1.80 bits per heavy atom. The van der Waals surface area contributed by atoms with Crippen LogP contribution < -0.4 is 9.80 Å². The number of aromatic nitrogens is 2. The van der Waals surface area contributed by atoms with Crippen LogP contribution in [-0.2, 0) is 9.47 Å². The zero-order chi connectivity index (χ0) is 17.3. The summed E-state index contributed by atoms with van der Waals surface area (Å²) in [6.45, 7) is 6.98. The van der Waals surface area contributed by atoms with Gasteiger partial charge in [0.2, 0.25) is 5.95 Å². The molecule has 3 saturated heterocycles. The normalized spacial score (nSPS) is 24.7. The van der Waals surface area contributed by atoms with Crippen molar-refractivity contribution in [3.8, 4) is 0 Å². The third-order valence-corrected chi connectivity index (χ3v) is 5.42. The number of hydrogen-bond donors (Lipinski definition) is 0. The second-order valence-corrected chi connectivity index (χ2v) is 7.20. The number of rotatable bonds is 2. The molecule has 4 heterocycles. The average Bonchev–Trinajstić information content (AvgIpc) is 2.64. The molecule has 0 unspecified atom stereocenters. The summed E-state index contributed by atoms with van der Waals surface area (Å²) >= 11 is 0. The number of halogens is 1. The Labute approximate surface area is 147 Å². The van der Waals surface area contributed by atoms with E-state index in [2.05, 4.69) is 26.8 Å². The average molecular weight is 351 g/mol. The molecule has 0 aromatic carbocycles. The minimum absolute atomic E-state index is 0.0451. The molecule has 0 atom stereocenters. The van der Waals surface area contributed by atoms with Crippen LogP contribution in [0.15, 0.2) is 6.20 Å². The largest absolute Gasteiger partial charge is 0.378 e. The van der Waals surface area contributed by atoms with Crippen molar-refractivity contribution in [2.45, 2.75) is 18.4 Å². The molecular formula is C17H26FN5O2. The van der Waals surface area contributed by atoms with E-state index in [-0.39, 0.29) is 11.4 Å². The predicted octanol–water partition coefficient (Wildman–Crippen LogP) is 0.753. The Morgan fingerprint density at radius 1 is 1.04 bits per heavy atom. The van der Waals surface area contributed by atoms with Crippen molar-refractivity contribution in [2.24, 2.45) is 0 Å². The zero-order valence-electron chi connectivity index (χ0n) is 14.8. The van der Waals surface area contributed by atoms with Gasteiger partial charge in [-0.15, -0.1) is 0 Å². The molecule has 138 valence electrons. The number of morpholine rings is 2. The van der Waals surface area contributed by atoms with Gasteiger partial charge in [-0.2, -0.15) is 4.98 Å². The van der Waals surface area contributed by atoms with E-state index < -0.39 is 0 Å². The lowest BCUT2D eigenvalue weighted by Crippen LogP contribution is -2.56. The monoisotopic (exact) mass is 351 g/mol. The number of hydrogen-bond acceptors (Lipinski definition) is 7. The van der Waals surface area contributed by atoms with E-state index in [1.54, 1.807) is 0 Å². The highest BCUT2D eigenvalue weighted by atomic mass is 19.1. The van der Waals surface area contributed by atoms with Crippen molar-refractivity contribution in [1.29, 1.82) is 0 Å². The van der Waals surface area contributed by atoms with Crippen molar-refractivity contribution >= 4 is 11.8 Å². The lowest BCUT2D eigenvalue weighted by molar-refractivity contribution is -0.115. The molecule has 3 aliphatic heterocycles. The highest BCUT2D eigenvalue weighted by Gasteiger charge is 2.39. The summed E-state index contributed by atoms with van der Waals surface area (Å²) in [7, 11) is 2.15. The van der Waals surface area contributed by atoms with Gasteiger partial charge in [0, 0.05) is 39.3 Å². The van der Waals surface area contributed by atoms with Gasteiger partial charge >= 0.3 is 0 Å². The summed E-state index contributed by atoms with van der Waals surface area (Å²) in [4.78, 5) is 15.2. The van der Waals surface area contributed by atoms with E-state index in [1.165, 1.54) is 6.20 Å². The van der Waals surface area contributed by atoms with E-state index in [0.29, 0.717) is 38.1 Å². The second kappa shape index (κ2) is 7.01. The van der Waals surface area contributed by atoms with Crippen LogP contribution >= 0.6 is 0 Å².